The van der Waals surface area contributed by atoms with E-state index in [9.17, 15) is 14.3 Å². The van der Waals surface area contributed by atoms with Crippen LogP contribution in [0, 0.1) is 0 Å². The van der Waals surface area contributed by atoms with Gasteiger partial charge in [0.05, 0.1) is 19.8 Å². The van der Waals surface area contributed by atoms with Crippen molar-refractivity contribution in [3.8, 4) is 0 Å². The number of esters is 1. The first-order valence-corrected chi connectivity index (χ1v) is 18.8. The summed E-state index contributed by atoms with van der Waals surface area (Å²) in [5.74, 6) is -0.367. The highest BCUT2D eigenvalue weighted by Gasteiger charge is 2.25. The summed E-state index contributed by atoms with van der Waals surface area (Å²) in [6, 6.07) is 0. The summed E-state index contributed by atoms with van der Waals surface area (Å²) >= 11 is 0. The Hall–Kier alpha value is -1.80. The topological polar surface area (TPSA) is 117 Å². The van der Waals surface area contributed by atoms with Crippen LogP contribution in [-0.4, -0.2) is 49.9 Å². The highest BCUT2D eigenvalue weighted by atomic mass is 31.2. The van der Waals surface area contributed by atoms with E-state index in [1.54, 1.807) is 0 Å². The molecule has 0 aliphatic rings. The molecular weight excluding hydrogens is 589 g/mol. The van der Waals surface area contributed by atoms with Crippen molar-refractivity contribution in [3.05, 3.63) is 60.8 Å². The lowest BCUT2D eigenvalue weighted by atomic mass is 10.1. The first kappa shape index (κ1) is 43.2. The maximum Gasteiger partial charge on any atom is 0.472 e. The Morgan fingerprint density at radius 1 is 0.689 bits per heavy atom. The molecule has 0 heterocycles. The number of nitrogens with two attached hydrogens (primary N) is 1. The lowest BCUT2D eigenvalue weighted by Gasteiger charge is -2.20. The summed E-state index contributed by atoms with van der Waals surface area (Å²) in [4.78, 5) is 22.2. The van der Waals surface area contributed by atoms with Crippen LogP contribution in [0.25, 0.3) is 0 Å². The van der Waals surface area contributed by atoms with Gasteiger partial charge in [0.15, 0.2) is 0 Å². The van der Waals surface area contributed by atoms with E-state index in [0.29, 0.717) is 13.0 Å². The molecule has 2 unspecified atom stereocenters. The van der Waals surface area contributed by atoms with Gasteiger partial charge in [0.25, 0.3) is 0 Å². The Morgan fingerprint density at radius 3 is 1.84 bits per heavy atom. The predicted molar refractivity (Wildman–Crippen MR) is 187 cm³/mol. The van der Waals surface area contributed by atoms with Gasteiger partial charge < -0.3 is 20.1 Å². The van der Waals surface area contributed by atoms with E-state index >= 15 is 0 Å². The number of phosphoric ester groups is 1. The lowest BCUT2D eigenvalue weighted by molar-refractivity contribution is -0.154. The minimum absolute atomic E-state index is 0.0922. The molecule has 0 rings (SSSR count). The SMILES string of the molecule is CC/C=C\C/C=C\C/C=C\C/C=C\C/C=C\CCCCCC(=O)OC(COCCCCCCCCC)COP(=O)(O)OCCN. The number of hydrogen-bond donors (Lipinski definition) is 2. The van der Waals surface area contributed by atoms with E-state index in [1.807, 2.05) is 0 Å². The van der Waals surface area contributed by atoms with Crippen LogP contribution in [0.3, 0.4) is 0 Å². The van der Waals surface area contributed by atoms with E-state index in [1.165, 1.54) is 32.1 Å². The van der Waals surface area contributed by atoms with Gasteiger partial charge in [-0.1, -0.05) is 120 Å². The van der Waals surface area contributed by atoms with Crippen molar-refractivity contribution in [1.82, 2.24) is 0 Å². The molecule has 8 nitrogen and oxygen atoms in total. The maximum atomic E-state index is 12.4. The Balaban J connectivity index is 4.16. The first-order chi connectivity index (χ1) is 21.9. The monoisotopic (exact) mass is 653 g/mol. The fourth-order valence-electron chi connectivity index (χ4n) is 4.20. The molecule has 9 heteroatoms. The molecule has 260 valence electrons. The molecular formula is C36H64NO7P. The minimum Gasteiger partial charge on any atom is -0.457 e. The Kier molecular flexibility index (Phi) is 32.2. The third-order valence-corrected chi connectivity index (χ3v) is 7.68. The van der Waals surface area contributed by atoms with Crippen molar-refractivity contribution in [2.45, 2.75) is 129 Å². The van der Waals surface area contributed by atoms with Gasteiger partial charge in [-0.25, -0.2) is 4.57 Å². The summed E-state index contributed by atoms with van der Waals surface area (Å²) in [7, 11) is -4.27. The van der Waals surface area contributed by atoms with Crippen LogP contribution in [0.2, 0.25) is 0 Å². The van der Waals surface area contributed by atoms with Crippen molar-refractivity contribution < 1.29 is 32.8 Å². The molecule has 0 amide bonds. The predicted octanol–water partition coefficient (Wildman–Crippen LogP) is 9.46. The zero-order valence-electron chi connectivity index (χ0n) is 28.3. The average Bonchev–Trinajstić information content (AvgIpc) is 3.02. The minimum atomic E-state index is -4.27. The Morgan fingerprint density at radius 2 is 1.24 bits per heavy atom. The van der Waals surface area contributed by atoms with Crippen molar-refractivity contribution in [1.29, 1.82) is 0 Å². The van der Waals surface area contributed by atoms with E-state index in [4.69, 9.17) is 24.3 Å². The molecule has 0 bridgehead atoms. The fourth-order valence-corrected chi connectivity index (χ4v) is 4.96. The quantitative estimate of drug-likeness (QED) is 0.0319. The largest absolute Gasteiger partial charge is 0.472 e. The second-order valence-corrected chi connectivity index (χ2v) is 12.5. The molecule has 3 N–H and O–H groups in total. The van der Waals surface area contributed by atoms with Gasteiger partial charge in [0.1, 0.15) is 6.10 Å². The highest BCUT2D eigenvalue weighted by molar-refractivity contribution is 7.47. The summed E-state index contributed by atoms with van der Waals surface area (Å²) in [6.07, 6.45) is 38.1. The van der Waals surface area contributed by atoms with Crippen LogP contribution >= 0.6 is 7.82 Å². The Bertz CT molecular complexity index is 869. The molecule has 0 fully saturated rings. The van der Waals surface area contributed by atoms with Crippen molar-refractivity contribution in [3.63, 3.8) is 0 Å². The molecule has 45 heavy (non-hydrogen) atoms. The van der Waals surface area contributed by atoms with Crippen molar-refractivity contribution in [2.75, 3.05) is 33.0 Å². The zero-order valence-corrected chi connectivity index (χ0v) is 29.2. The van der Waals surface area contributed by atoms with Gasteiger partial charge in [0, 0.05) is 19.6 Å². The maximum absolute atomic E-state index is 12.4. The third kappa shape index (κ3) is 33.4. The third-order valence-electron chi connectivity index (χ3n) is 6.70. The Labute approximate surface area is 274 Å². The number of ether oxygens (including phenoxy) is 2. The zero-order chi connectivity index (χ0) is 33.1. The number of rotatable bonds is 32. The second kappa shape index (κ2) is 33.6. The van der Waals surface area contributed by atoms with Crippen LogP contribution in [0.5, 0.6) is 0 Å². The summed E-state index contributed by atoms with van der Waals surface area (Å²) in [6.45, 7) is 4.69. The van der Waals surface area contributed by atoms with Gasteiger partial charge in [-0.3, -0.25) is 13.8 Å². The molecule has 0 aliphatic heterocycles. The fraction of sp³-hybridized carbons (Fsp3) is 0.694. The van der Waals surface area contributed by atoms with Crippen LogP contribution in [0.1, 0.15) is 123 Å². The summed E-state index contributed by atoms with van der Waals surface area (Å²) < 4.78 is 33.0. The highest BCUT2D eigenvalue weighted by Crippen LogP contribution is 2.43. The number of phosphoric acid groups is 1. The van der Waals surface area contributed by atoms with Crippen LogP contribution < -0.4 is 5.73 Å². The number of carbonyl (C=O) groups is 1. The molecule has 2 atom stereocenters. The number of hydrogen-bond acceptors (Lipinski definition) is 7. The van der Waals surface area contributed by atoms with Gasteiger partial charge in [0.2, 0.25) is 0 Å². The second-order valence-electron chi connectivity index (χ2n) is 11.0. The van der Waals surface area contributed by atoms with E-state index in [0.717, 1.165) is 64.2 Å². The van der Waals surface area contributed by atoms with Crippen LogP contribution in [0.15, 0.2) is 60.8 Å². The molecule has 0 saturated heterocycles. The van der Waals surface area contributed by atoms with E-state index in [-0.39, 0.29) is 38.8 Å². The lowest BCUT2D eigenvalue weighted by Crippen LogP contribution is -2.28. The smallest absolute Gasteiger partial charge is 0.457 e. The molecule has 0 radical (unpaired) electrons. The molecule has 0 aliphatic carbocycles. The van der Waals surface area contributed by atoms with Crippen molar-refractivity contribution in [2.24, 2.45) is 5.73 Å². The summed E-state index contributed by atoms with van der Waals surface area (Å²) in [5.41, 5.74) is 5.33. The average molecular weight is 654 g/mol. The molecule has 0 saturated carbocycles. The summed E-state index contributed by atoms with van der Waals surface area (Å²) in [5, 5.41) is 0. The van der Waals surface area contributed by atoms with Crippen LogP contribution in [-0.2, 0) is 27.9 Å². The van der Waals surface area contributed by atoms with Gasteiger partial charge in [-0.2, -0.15) is 0 Å². The van der Waals surface area contributed by atoms with Crippen LogP contribution in [0.4, 0.5) is 0 Å². The van der Waals surface area contributed by atoms with Gasteiger partial charge in [-0.05, 0) is 57.8 Å². The van der Waals surface area contributed by atoms with Crippen molar-refractivity contribution >= 4 is 13.8 Å². The first-order valence-electron chi connectivity index (χ1n) is 17.3. The normalized spacial score (nSPS) is 14.5. The number of unbranched alkanes of at least 4 members (excludes halogenated alkanes) is 9. The van der Waals surface area contributed by atoms with Gasteiger partial charge >= 0.3 is 13.8 Å². The van der Waals surface area contributed by atoms with E-state index < -0.39 is 13.9 Å². The van der Waals surface area contributed by atoms with E-state index in [2.05, 4.69) is 74.6 Å². The standard InChI is InChI=1S/C36H64NO7P/c1-3-5-7-9-11-12-13-14-15-16-17-18-19-20-21-22-23-25-27-29-36(38)44-35(34-43-45(39,40)42-32-30-37)33-41-31-28-26-24-10-8-6-4-2/h5,7,11-12,14-15,17-18,20-21,35H,3-4,6,8-10,13,16,19,22-34,37H2,1-2H3,(H,39,40)/b7-5-,12-11-,15-14-,18-17-,21-20-. The molecule has 0 aromatic heterocycles. The number of allylic oxidation sites excluding steroid dienone is 10. The number of carbonyl (C=O) groups excluding carboxylic acids is 1. The van der Waals surface area contributed by atoms with Gasteiger partial charge in [-0.15, -0.1) is 0 Å². The molecule has 0 aromatic carbocycles. The molecule has 0 spiro atoms. The molecule has 0 aromatic rings.